The molecule has 0 spiro atoms. The fraction of sp³-hybridized carbons (Fsp3) is 0.429. The van der Waals surface area contributed by atoms with E-state index in [0.717, 1.165) is 61.8 Å². The number of aryl methyl sites for hydroxylation is 1. The van der Waals surface area contributed by atoms with E-state index in [2.05, 4.69) is 50.4 Å². The molecule has 6 heteroatoms. The van der Waals surface area contributed by atoms with E-state index in [4.69, 9.17) is 4.98 Å². The van der Waals surface area contributed by atoms with Gasteiger partial charge in [-0.05, 0) is 31.2 Å². The summed E-state index contributed by atoms with van der Waals surface area (Å²) in [6.07, 6.45) is 2.95. The van der Waals surface area contributed by atoms with Crippen LogP contribution in [0.3, 0.4) is 0 Å². The van der Waals surface area contributed by atoms with Gasteiger partial charge in [0.2, 0.25) is 0 Å². The molecule has 0 amide bonds. The highest BCUT2D eigenvalue weighted by Crippen LogP contribution is 2.40. The second kappa shape index (κ2) is 7.19. The molecular formula is C21H24N4OS. The summed E-state index contributed by atoms with van der Waals surface area (Å²) < 4.78 is 2.10. The first-order valence-corrected chi connectivity index (χ1v) is 10.6. The first-order valence-electron chi connectivity index (χ1n) is 9.73. The molecule has 1 aliphatic heterocycles. The molecule has 27 heavy (non-hydrogen) atoms. The van der Waals surface area contributed by atoms with Crippen molar-refractivity contribution in [2.75, 3.05) is 6.54 Å². The van der Waals surface area contributed by atoms with Gasteiger partial charge in [-0.25, -0.2) is 4.98 Å². The number of aliphatic hydroxyl groups is 1. The molecule has 5 rings (SSSR count). The van der Waals surface area contributed by atoms with Gasteiger partial charge in [0.05, 0.1) is 23.6 Å². The number of aliphatic hydroxyl groups excluding tert-OH is 1. The summed E-state index contributed by atoms with van der Waals surface area (Å²) >= 11 is 1.73. The van der Waals surface area contributed by atoms with Gasteiger partial charge < -0.3 is 5.11 Å². The summed E-state index contributed by atoms with van der Waals surface area (Å²) in [5.74, 6) is 0.423. The van der Waals surface area contributed by atoms with Crippen LogP contribution in [0.15, 0.2) is 41.8 Å². The molecule has 2 aromatic heterocycles. The normalized spacial score (nSPS) is 18.9. The lowest BCUT2D eigenvalue weighted by Gasteiger charge is -2.17. The molecule has 1 aliphatic carbocycles. The number of benzene rings is 1. The Morgan fingerprint density at radius 2 is 2.04 bits per heavy atom. The second-order valence-corrected chi connectivity index (χ2v) is 8.57. The Labute approximate surface area is 163 Å². The summed E-state index contributed by atoms with van der Waals surface area (Å²) in [4.78, 5) is 7.29. The van der Waals surface area contributed by atoms with Gasteiger partial charge in [-0.2, -0.15) is 5.10 Å². The number of hydrogen-bond donors (Lipinski definition) is 1. The van der Waals surface area contributed by atoms with Crippen molar-refractivity contribution in [1.82, 2.24) is 19.7 Å². The predicted octanol–water partition coefficient (Wildman–Crippen LogP) is 3.86. The highest BCUT2D eigenvalue weighted by molar-refractivity contribution is 7.09. The largest absolute Gasteiger partial charge is 0.386 e. The van der Waals surface area contributed by atoms with Crippen LogP contribution < -0.4 is 0 Å². The van der Waals surface area contributed by atoms with E-state index in [1.54, 1.807) is 11.3 Å². The predicted molar refractivity (Wildman–Crippen MR) is 106 cm³/mol. The number of rotatable bonds is 5. The molecule has 1 saturated carbocycles. The van der Waals surface area contributed by atoms with Crippen LogP contribution in [0, 0.1) is 5.92 Å². The number of hydrogen-bond acceptors (Lipinski definition) is 5. The topological polar surface area (TPSA) is 54.2 Å². The molecule has 0 saturated heterocycles. The first-order chi connectivity index (χ1) is 13.3. The van der Waals surface area contributed by atoms with Crippen molar-refractivity contribution in [3.8, 4) is 11.3 Å². The van der Waals surface area contributed by atoms with Crippen molar-refractivity contribution in [3.05, 3.63) is 58.2 Å². The van der Waals surface area contributed by atoms with Gasteiger partial charge in [-0.15, -0.1) is 11.3 Å². The van der Waals surface area contributed by atoms with Gasteiger partial charge in [0.25, 0.3) is 0 Å². The number of fused-ring (bicyclic) bond motifs is 1. The molecule has 3 heterocycles. The molecule has 0 radical (unpaired) electrons. The minimum absolute atomic E-state index is 0.384. The van der Waals surface area contributed by atoms with Crippen LogP contribution in [-0.4, -0.2) is 31.3 Å². The van der Waals surface area contributed by atoms with Crippen LogP contribution in [0.5, 0.6) is 0 Å². The van der Waals surface area contributed by atoms with Gasteiger partial charge in [0.15, 0.2) is 0 Å². The Morgan fingerprint density at radius 3 is 2.85 bits per heavy atom. The molecule has 1 aromatic carbocycles. The standard InChI is InChI=1S/C21H24N4OS/c26-21(16-7-8-16)18-11-17-12-24(9-4-10-25(17)23-18)13-20-22-19(14-27-20)15-5-2-1-3-6-15/h1-3,5-6,11,14,16,21,26H,4,7-10,12-13H2/t21-/m0/s1. The third kappa shape index (κ3) is 3.70. The second-order valence-electron chi connectivity index (χ2n) is 7.62. The first kappa shape index (κ1) is 17.1. The van der Waals surface area contributed by atoms with E-state index in [1.807, 2.05) is 6.07 Å². The SMILES string of the molecule is O[C@H](c1cc2n(n1)CCCN(Cc1nc(-c3ccccc3)cs1)C2)C1CC1. The Balaban J connectivity index is 1.30. The van der Waals surface area contributed by atoms with E-state index >= 15 is 0 Å². The average Bonchev–Trinajstić information content (AvgIpc) is 3.37. The van der Waals surface area contributed by atoms with Gasteiger partial charge in [-0.1, -0.05) is 30.3 Å². The summed E-state index contributed by atoms with van der Waals surface area (Å²) in [5, 5.41) is 18.4. The lowest BCUT2D eigenvalue weighted by atomic mass is 10.1. The van der Waals surface area contributed by atoms with Crippen LogP contribution >= 0.6 is 11.3 Å². The van der Waals surface area contributed by atoms with Gasteiger partial charge >= 0.3 is 0 Å². The third-order valence-corrected chi connectivity index (χ3v) is 6.30. The molecule has 3 aromatic rings. The average molecular weight is 381 g/mol. The quantitative estimate of drug-likeness (QED) is 0.730. The van der Waals surface area contributed by atoms with Crippen LogP contribution in [0.2, 0.25) is 0 Å². The van der Waals surface area contributed by atoms with E-state index in [9.17, 15) is 5.11 Å². The highest BCUT2D eigenvalue weighted by Gasteiger charge is 2.33. The number of nitrogens with zero attached hydrogens (tertiary/aromatic N) is 4. The summed E-state index contributed by atoms with van der Waals surface area (Å²) in [7, 11) is 0. The van der Waals surface area contributed by atoms with Gasteiger partial charge in [-0.3, -0.25) is 9.58 Å². The Morgan fingerprint density at radius 1 is 1.19 bits per heavy atom. The molecule has 2 aliphatic rings. The monoisotopic (exact) mass is 380 g/mol. The Kier molecular flexibility index (Phi) is 4.55. The fourth-order valence-electron chi connectivity index (χ4n) is 3.80. The maximum Gasteiger partial charge on any atom is 0.107 e. The fourth-order valence-corrected chi connectivity index (χ4v) is 4.64. The minimum atomic E-state index is -0.384. The molecule has 140 valence electrons. The van der Waals surface area contributed by atoms with E-state index < -0.39 is 0 Å². The summed E-state index contributed by atoms with van der Waals surface area (Å²) in [5.41, 5.74) is 4.30. The number of aromatic nitrogens is 3. The van der Waals surface area contributed by atoms with Gasteiger partial charge in [0.1, 0.15) is 11.1 Å². The lowest BCUT2D eigenvalue weighted by Crippen LogP contribution is -2.22. The van der Waals surface area contributed by atoms with Crippen LogP contribution in [0.4, 0.5) is 0 Å². The van der Waals surface area contributed by atoms with E-state index in [-0.39, 0.29) is 6.10 Å². The maximum atomic E-state index is 10.4. The van der Waals surface area contributed by atoms with Crippen LogP contribution in [-0.2, 0) is 19.6 Å². The Hall–Kier alpha value is -2.02. The molecule has 1 fully saturated rings. The molecular weight excluding hydrogens is 356 g/mol. The Bertz CT molecular complexity index is 915. The van der Waals surface area contributed by atoms with Gasteiger partial charge in [0, 0.05) is 30.6 Å². The minimum Gasteiger partial charge on any atom is -0.386 e. The van der Waals surface area contributed by atoms with Crippen molar-refractivity contribution < 1.29 is 5.11 Å². The number of thiazole rings is 1. The highest BCUT2D eigenvalue weighted by atomic mass is 32.1. The maximum absolute atomic E-state index is 10.4. The van der Waals surface area contributed by atoms with Crippen molar-refractivity contribution in [2.45, 2.75) is 45.0 Å². The molecule has 0 unspecified atom stereocenters. The van der Waals surface area contributed by atoms with Crippen LogP contribution in [0.25, 0.3) is 11.3 Å². The molecule has 1 atom stereocenters. The van der Waals surface area contributed by atoms with Crippen LogP contribution in [0.1, 0.15) is 41.8 Å². The third-order valence-electron chi connectivity index (χ3n) is 5.46. The lowest BCUT2D eigenvalue weighted by molar-refractivity contribution is 0.148. The zero-order valence-corrected chi connectivity index (χ0v) is 16.1. The summed E-state index contributed by atoms with van der Waals surface area (Å²) in [6.45, 7) is 3.70. The van der Waals surface area contributed by atoms with E-state index in [0.29, 0.717) is 5.92 Å². The van der Waals surface area contributed by atoms with Crippen molar-refractivity contribution in [3.63, 3.8) is 0 Å². The molecule has 5 nitrogen and oxygen atoms in total. The zero-order valence-electron chi connectivity index (χ0n) is 15.3. The summed E-state index contributed by atoms with van der Waals surface area (Å²) in [6, 6.07) is 12.5. The van der Waals surface area contributed by atoms with Crippen molar-refractivity contribution in [2.24, 2.45) is 5.92 Å². The van der Waals surface area contributed by atoms with Crippen molar-refractivity contribution >= 4 is 11.3 Å². The molecule has 0 bridgehead atoms. The van der Waals surface area contributed by atoms with Crippen molar-refractivity contribution in [1.29, 1.82) is 0 Å². The smallest absolute Gasteiger partial charge is 0.107 e. The van der Waals surface area contributed by atoms with E-state index in [1.165, 1.54) is 11.3 Å². The zero-order chi connectivity index (χ0) is 18.2. The molecule has 1 N–H and O–H groups in total.